The molecule has 0 amide bonds. The monoisotopic (exact) mass is 148 g/mol. The summed E-state index contributed by atoms with van der Waals surface area (Å²) in [6.45, 7) is 0. The highest BCUT2D eigenvalue weighted by molar-refractivity contribution is 5.95. The number of rotatable bonds is 0. The molecule has 0 aliphatic carbocycles. The van der Waals surface area contributed by atoms with Gasteiger partial charge >= 0.3 is 18.6 Å². The summed E-state index contributed by atoms with van der Waals surface area (Å²) < 4.78 is 33.6. The van der Waals surface area contributed by atoms with Crippen LogP contribution in [0.25, 0.3) is 0 Å². The van der Waals surface area contributed by atoms with Crippen LogP contribution in [0.1, 0.15) is 0 Å². The molecule has 0 aliphatic rings. The van der Waals surface area contributed by atoms with Gasteiger partial charge in [-0.05, 0) is 0 Å². The van der Waals surface area contributed by atoms with Crippen molar-refractivity contribution in [2.75, 3.05) is 0 Å². The smallest absolute Gasteiger partial charge is 0.274 e. The van der Waals surface area contributed by atoms with Crippen LogP contribution in [-0.2, 0) is 17.8 Å². The predicted molar refractivity (Wildman–Crippen MR) is 20.0 cm³/mol. The van der Waals surface area contributed by atoms with Gasteiger partial charge in [-0.3, -0.25) is 17.8 Å². The SMILES string of the molecule is O=[Si]=O.O=[Si]=O.[Si]. The minimum absolute atomic E-state index is 0. The Morgan fingerprint density at radius 2 is 0.714 bits per heavy atom. The average molecular weight is 148 g/mol. The molecule has 4 radical (unpaired) electrons. The lowest BCUT2D eigenvalue weighted by atomic mass is 15.9. The Labute approximate surface area is 48.2 Å². The molecule has 0 aromatic heterocycles. The second-order valence-corrected chi connectivity index (χ2v) is 0.500. The Kier molecular flexibility index (Phi) is 90.8. The molecule has 0 rings (SSSR count). The Bertz CT molecular complexity index is 60.9. The summed E-state index contributed by atoms with van der Waals surface area (Å²) in [4.78, 5) is 0. The van der Waals surface area contributed by atoms with Gasteiger partial charge in [0, 0.05) is 11.0 Å². The van der Waals surface area contributed by atoms with Gasteiger partial charge in [-0.25, -0.2) is 0 Å². The molecule has 7 heavy (non-hydrogen) atoms. The van der Waals surface area contributed by atoms with E-state index in [2.05, 4.69) is 0 Å². The third-order valence-corrected chi connectivity index (χ3v) is 0. The van der Waals surface area contributed by atoms with E-state index in [0.29, 0.717) is 0 Å². The van der Waals surface area contributed by atoms with Crippen molar-refractivity contribution < 1.29 is 17.8 Å². The molecule has 0 heterocycles. The molecule has 0 spiro atoms. The Hall–Kier alpha value is -0.149. The van der Waals surface area contributed by atoms with E-state index >= 15 is 0 Å². The fourth-order valence-electron chi connectivity index (χ4n) is 0. The van der Waals surface area contributed by atoms with Gasteiger partial charge in [-0.15, -0.1) is 0 Å². The van der Waals surface area contributed by atoms with Crippen LogP contribution in [0.3, 0.4) is 0 Å². The van der Waals surface area contributed by atoms with Crippen molar-refractivity contribution in [3.05, 3.63) is 0 Å². The van der Waals surface area contributed by atoms with Gasteiger partial charge in [-0.1, -0.05) is 0 Å². The molecule has 0 aliphatic heterocycles. The summed E-state index contributed by atoms with van der Waals surface area (Å²) in [6.07, 6.45) is 0. The molecule has 0 aromatic carbocycles. The van der Waals surface area contributed by atoms with Crippen LogP contribution in [0.5, 0.6) is 0 Å². The molecule has 0 N–H and O–H groups in total. The second-order valence-electron chi connectivity index (χ2n) is 0.167. The highest BCUT2D eigenvalue weighted by Gasteiger charge is 1.22. The highest BCUT2D eigenvalue weighted by Crippen LogP contribution is 0.762. The molecule has 0 unspecified atom stereocenters. The highest BCUT2D eigenvalue weighted by atomic mass is 28.2. The molecule has 0 saturated heterocycles. The lowest BCUT2D eigenvalue weighted by molar-refractivity contribution is 0.496. The Morgan fingerprint density at radius 1 is 0.714 bits per heavy atom. The van der Waals surface area contributed by atoms with E-state index in [9.17, 15) is 0 Å². The van der Waals surface area contributed by atoms with E-state index in [1.807, 2.05) is 0 Å². The maximum absolute atomic E-state index is 8.40. The molecular weight excluding hydrogens is 148 g/mol. The molecule has 0 aromatic rings. The first-order valence-corrected chi connectivity index (χ1v) is 2.45. The lowest BCUT2D eigenvalue weighted by Crippen LogP contribution is -1.26. The fourth-order valence-corrected chi connectivity index (χ4v) is 0. The molecule has 0 saturated carbocycles. The quantitative estimate of drug-likeness (QED) is 0.387. The van der Waals surface area contributed by atoms with Crippen LogP contribution in [0.4, 0.5) is 0 Å². The summed E-state index contributed by atoms with van der Waals surface area (Å²) in [5.74, 6) is 0. The zero-order chi connectivity index (χ0) is 5.41. The largest absolute Gasteiger partial charge is 0.549 e. The molecule has 36 valence electrons. The summed E-state index contributed by atoms with van der Waals surface area (Å²) in [5.41, 5.74) is 0. The summed E-state index contributed by atoms with van der Waals surface area (Å²) in [5, 5.41) is 0. The van der Waals surface area contributed by atoms with Crippen molar-refractivity contribution in [2.24, 2.45) is 0 Å². The van der Waals surface area contributed by atoms with E-state index < -0.39 is 18.6 Å². The van der Waals surface area contributed by atoms with Crippen LogP contribution >= 0.6 is 0 Å². The van der Waals surface area contributed by atoms with Crippen molar-refractivity contribution in [3.63, 3.8) is 0 Å². The van der Waals surface area contributed by atoms with Crippen LogP contribution in [0.15, 0.2) is 0 Å². The van der Waals surface area contributed by atoms with Gasteiger partial charge in [-0.2, -0.15) is 0 Å². The van der Waals surface area contributed by atoms with Gasteiger partial charge in [0.05, 0.1) is 0 Å². The van der Waals surface area contributed by atoms with Gasteiger partial charge in [0.2, 0.25) is 0 Å². The van der Waals surface area contributed by atoms with Gasteiger partial charge < -0.3 is 0 Å². The second kappa shape index (κ2) is 40.2. The Morgan fingerprint density at radius 3 is 0.714 bits per heavy atom. The summed E-state index contributed by atoms with van der Waals surface area (Å²) in [7, 11) is -2.83. The van der Waals surface area contributed by atoms with Crippen LogP contribution in [0.2, 0.25) is 0 Å². The van der Waals surface area contributed by atoms with Crippen LogP contribution in [-0.4, -0.2) is 29.6 Å². The topological polar surface area (TPSA) is 68.3 Å². The van der Waals surface area contributed by atoms with Gasteiger partial charge in [0.15, 0.2) is 0 Å². The first kappa shape index (κ1) is 15.8. The van der Waals surface area contributed by atoms with E-state index in [-0.39, 0.29) is 11.0 Å². The molecule has 4 nitrogen and oxygen atoms in total. The third kappa shape index (κ3) is 3890. The predicted octanol–water partition coefficient (Wildman–Crippen LogP) is -1.62. The number of hydrogen-bond acceptors (Lipinski definition) is 4. The van der Waals surface area contributed by atoms with Crippen LogP contribution in [0, 0.1) is 0 Å². The van der Waals surface area contributed by atoms with E-state index in [1.165, 1.54) is 0 Å². The van der Waals surface area contributed by atoms with E-state index in [0.717, 1.165) is 0 Å². The molecular formula is O4Si3. The molecule has 7 heteroatoms. The zero-order valence-electron chi connectivity index (χ0n) is 3.13. The van der Waals surface area contributed by atoms with Crippen molar-refractivity contribution in [1.82, 2.24) is 0 Å². The maximum Gasteiger partial charge on any atom is 0.549 e. The first-order valence-electron chi connectivity index (χ1n) is 0.816. The van der Waals surface area contributed by atoms with Crippen LogP contribution < -0.4 is 0 Å². The Balaban J connectivity index is -0.0000000400. The van der Waals surface area contributed by atoms with Gasteiger partial charge in [0.1, 0.15) is 0 Å². The summed E-state index contributed by atoms with van der Waals surface area (Å²) >= 11 is 0. The minimum atomic E-state index is -1.42. The van der Waals surface area contributed by atoms with Crippen molar-refractivity contribution >= 4 is 29.6 Å². The molecule has 0 atom stereocenters. The lowest BCUT2D eigenvalue weighted by Gasteiger charge is -0.944. The average Bonchev–Trinajstić information content (AvgIpc) is 1.39. The zero-order valence-corrected chi connectivity index (χ0v) is 6.13. The number of hydrogen-bond donors (Lipinski definition) is 0. The van der Waals surface area contributed by atoms with E-state index in [4.69, 9.17) is 17.8 Å². The standard InChI is InChI=1S/2O2Si.Si/c2*1-3-2;. The molecule has 0 fully saturated rings. The van der Waals surface area contributed by atoms with Gasteiger partial charge in [0.25, 0.3) is 0 Å². The summed E-state index contributed by atoms with van der Waals surface area (Å²) in [6, 6.07) is 0. The third-order valence-electron chi connectivity index (χ3n) is 0. The van der Waals surface area contributed by atoms with E-state index in [1.54, 1.807) is 0 Å². The van der Waals surface area contributed by atoms with Crippen molar-refractivity contribution in [3.8, 4) is 0 Å². The maximum atomic E-state index is 8.40. The minimum Gasteiger partial charge on any atom is -0.274 e. The first-order chi connectivity index (χ1) is 2.83. The fraction of sp³-hybridized carbons (Fsp3) is 0. The normalized spacial score (nSPS) is 2.29. The molecule has 0 bridgehead atoms. The van der Waals surface area contributed by atoms with Crippen molar-refractivity contribution in [2.45, 2.75) is 0 Å². The van der Waals surface area contributed by atoms with Crippen molar-refractivity contribution in [1.29, 1.82) is 0 Å².